The monoisotopic (exact) mass is 559 g/mol. The van der Waals surface area contributed by atoms with Gasteiger partial charge < -0.3 is 4.42 Å². The molecule has 0 saturated heterocycles. The molecule has 0 aliphatic heterocycles. The van der Waals surface area contributed by atoms with Crippen molar-refractivity contribution in [1.82, 2.24) is 4.98 Å². The lowest BCUT2D eigenvalue weighted by Crippen LogP contribution is -2.18. The van der Waals surface area contributed by atoms with E-state index in [9.17, 15) is 0 Å². The minimum absolute atomic E-state index is 0.132. The van der Waals surface area contributed by atoms with E-state index in [-0.39, 0.29) is 10.8 Å². The van der Waals surface area contributed by atoms with Gasteiger partial charge in [0.15, 0.2) is 5.58 Å². The average molecular weight is 560 g/mol. The first kappa shape index (κ1) is 27.2. The van der Waals surface area contributed by atoms with E-state index < -0.39 is 0 Å². The van der Waals surface area contributed by atoms with Crippen molar-refractivity contribution in [2.24, 2.45) is 0 Å². The van der Waals surface area contributed by atoms with E-state index in [4.69, 9.17) is 9.40 Å². The maximum Gasteiger partial charge on any atom is 0.227 e. The van der Waals surface area contributed by atoms with Crippen LogP contribution in [-0.2, 0) is 10.8 Å². The third kappa shape index (κ3) is 4.62. The summed E-state index contributed by atoms with van der Waals surface area (Å²) < 4.78 is 6.40. The molecular formula is C41H37NO. The number of aromatic nitrogens is 1. The molecule has 212 valence electrons. The number of hydrogen-bond acceptors (Lipinski definition) is 2. The number of oxazole rings is 1. The Morgan fingerprint density at radius 3 is 1.51 bits per heavy atom. The van der Waals surface area contributed by atoms with Gasteiger partial charge in [0.1, 0.15) is 5.52 Å². The minimum atomic E-state index is -0.142. The van der Waals surface area contributed by atoms with Crippen molar-refractivity contribution in [2.45, 2.75) is 52.4 Å². The fourth-order valence-corrected chi connectivity index (χ4v) is 6.55. The van der Waals surface area contributed by atoms with Crippen LogP contribution in [0.4, 0.5) is 0 Å². The quantitative estimate of drug-likeness (QED) is 0.201. The molecule has 1 heterocycles. The van der Waals surface area contributed by atoms with Gasteiger partial charge in [0, 0.05) is 5.56 Å². The third-order valence-corrected chi connectivity index (χ3v) is 8.56. The van der Waals surface area contributed by atoms with Crippen LogP contribution in [0.3, 0.4) is 0 Å². The molecule has 2 nitrogen and oxygen atoms in total. The van der Waals surface area contributed by atoms with Gasteiger partial charge in [0.2, 0.25) is 5.89 Å². The molecule has 0 aliphatic rings. The van der Waals surface area contributed by atoms with Gasteiger partial charge in [-0.05, 0) is 90.0 Å². The van der Waals surface area contributed by atoms with Crippen LogP contribution in [0.2, 0.25) is 0 Å². The molecule has 0 aliphatic carbocycles. The molecule has 7 rings (SSSR count). The molecule has 0 bridgehead atoms. The molecular weight excluding hydrogens is 522 g/mol. The summed E-state index contributed by atoms with van der Waals surface area (Å²) in [5.74, 6) is 0.678. The van der Waals surface area contributed by atoms with Crippen molar-refractivity contribution >= 4 is 32.6 Å². The number of nitrogens with zero attached hydrogens (tertiary/aromatic N) is 1. The number of rotatable bonds is 3. The van der Waals surface area contributed by atoms with E-state index in [1.807, 2.05) is 24.3 Å². The molecule has 0 saturated carbocycles. The highest BCUT2D eigenvalue weighted by Crippen LogP contribution is 2.48. The summed E-state index contributed by atoms with van der Waals surface area (Å²) in [5.41, 5.74) is 10.1. The van der Waals surface area contributed by atoms with Crippen LogP contribution in [0.5, 0.6) is 0 Å². The highest BCUT2D eigenvalue weighted by molar-refractivity contribution is 6.21. The Morgan fingerprint density at radius 2 is 0.953 bits per heavy atom. The predicted molar refractivity (Wildman–Crippen MR) is 183 cm³/mol. The van der Waals surface area contributed by atoms with Gasteiger partial charge in [-0.2, -0.15) is 0 Å². The maximum absolute atomic E-state index is 6.40. The van der Waals surface area contributed by atoms with Crippen LogP contribution >= 0.6 is 0 Å². The van der Waals surface area contributed by atoms with Gasteiger partial charge in [-0.25, -0.2) is 4.98 Å². The smallest absolute Gasteiger partial charge is 0.227 e. The zero-order valence-electron chi connectivity index (χ0n) is 25.8. The number of para-hydroxylation sites is 2. The fraction of sp³-hybridized carbons (Fsp3) is 0.195. The normalized spacial score (nSPS) is 12.4. The van der Waals surface area contributed by atoms with Crippen molar-refractivity contribution < 1.29 is 4.42 Å². The van der Waals surface area contributed by atoms with Crippen LogP contribution in [-0.4, -0.2) is 4.98 Å². The Labute approximate surface area is 254 Å². The Morgan fingerprint density at radius 1 is 0.488 bits per heavy atom. The molecule has 0 amide bonds. The lowest BCUT2D eigenvalue weighted by molar-refractivity contribution is 0.571. The van der Waals surface area contributed by atoms with Crippen molar-refractivity contribution in [3.8, 4) is 33.7 Å². The van der Waals surface area contributed by atoms with Crippen molar-refractivity contribution in [3.63, 3.8) is 0 Å². The summed E-state index contributed by atoms with van der Waals surface area (Å²) in [5, 5.41) is 5.06. The lowest BCUT2D eigenvalue weighted by atomic mass is 9.74. The largest absolute Gasteiger partial charge is 0.436 e. The maximum atomic E-state index is 6.40. The second-order valence-electron chi connectivity index (χ2n) is 13.6. The SMILES string of the molecule is CC(C)(C)c1cc(-c2c3ccccc3c(-c3ccccc3)c3ccccc23)c(C(C)(C)C)cc1-c1nc2ccccc2o1. The fourth-order valence-electron chi connectivity index (χ4n) is 6.55. The van der Waals surface area contributed by atoms with Gasteiger partial charge in [0.25, 0.3) is 0 Å². The highest BCUT2D eigenvalue weighted by atomic mass is 16.3. The molecule has 0 fully saturated rings. The molecule has 0 unspecified atom stereocenters. The van der Waals surface area contributed by atoms with Crippen LogP contribution < -0.4 is 0 Å². The number of benzene rings is 6. The van der Waals surface area contributed by atoms with Gasteiger partial charge in [-0.1, -0.05) is 133 Å². The zero-order valence-corrected chi connectivity index (χ0v) is 25.8. The molecule has 0 N–H and O–H groups in total. The number of hydrogen-bond donors (Lipinski definition) is 0. The van der Waals surface area contributed by atoms with Gasteiger partial charge >= 0.3 is 0 Å². The molecule has 2 heteroatoms. The predicted octanol–water partition coefficient (Wildman–Crippen LogP) is 11.7. The summed E-state index contributed by atoms with van der Waals surface area (Å²) in [6.45, 7) is 13.8. The van der Waals surface area contributed by atoms with Gasteiger partial charge in [-0.15, -0.1) is 0 Å². The van der Waals surface area contributed by atoms with E-state index >= 15 is 0 Å². The van der Waals surface area contributed by atoms with E-state index in [0.717, 1.165) is 16.7 Å². The highest BCUT2D eigenvalue weighted by Gasteiger charge is 2.29. The third-order valence-electron chi connectivity index (χ3n) is 8.56. The summed E-state index contributed by atoms with van der Waals surface area (Å²) >= 11 is 0. The van der Waals surface area contributed by atoms with E-state index in [2.05, 4.69) is 133 Å². The van der Waals surface area contributed by atoms with Crippen LogP contribution in [0.25, 0.3) is 66.4 Å². The summed E-state index contributed by atoms with van der Waals surface area (Å²) in [4.78, 5) is 4.96. The van der Waals surface area contributed by atoms with E-state index in [1.165, 1.54) is 54.9 Å². The second-order valence-corrected chi connectivity index (χ2v) is 13.6. The van der Waals surface area contributed by atoms with E-state index in [0.29, 0.717) is 5.89 Å². The molecule has 43 heavy (non-hydrogen) atoms. The van der Waals surface area contributed by atoms with Gasteiger partial charge in [-0.3, -0.25) is 0 Å². The first-order chi connectivity index (χ1) is 20.6. The van der Waals surface area contributed by atoms with Gasteiger partial charge in [0.05, 0.1) is 0 Å². The summed E-state index contributed by atoms with van der Waals surface area (Å²) in [6, 6.07) is 41.4. The molecule has 0 radical (unpaired) electrons. The first-order valence-corrected chi connectivity index (χ1v) is 15.2. The Bertz CT molecular complexity index is 2050. The minimum Gasteiger partial charge on any atom is -0.436 e. The molecule has 6 aromatic carbocycles. The first-order valence-electron chi connectivity index (χ1n) is 15.2. The Balaban J connectivity index is 1.63. The van der Waals surface area contributed by atoms with Crippen molar-refractivity contribution in [3.05, 3.63) is 126 Å². The van der Waals surface area contributed by atoms with Crippen molar-refractivity contribution in [1.29, 1.82) is 0 Å². The van der Waals surface area contributed by atoms with E-state index in [1.54, 1.807) is 0 Å². The molecule has 1 aromatic heterocycles. The van der Waals surface area contributed by atoms with Crippen LogP contribution in [0.15, 0.2) is 120 Å². The summed E-state index contributed by atoms with van der Waals surface area (Å²) in [7, 11) is 0. The molecule has 0 atom stereocenters. The Hall–Kier alpha value is -4.69. The molecule has 0 spiro atoms. The lowest BCUT2D eigenvalue weighted by Gasteiger charge is -2.30. The standard InChI is InChI=1S/C41H37NO/c1-40(2,3)33-25-32(39-42-35-22-14-15-23-36(35)43-39)34(41(4,5)6)24-31(33)38-29-20-12-10-18-27(29)37(26-16-8-7-9-17-26)28-19-11-13-21-30(28)38/h7-25H,1-6H3. The van der Waals surface area contributed by atoms with Crippen LogP contribution in [0.1, 0.15) is 52.7 Å². The number of fused-ring (bicyclic) bond motifs is 3. The molecule has 7 aromatic rings. The van der Waals surface area contributed by atoms with Crippen molar-refractivity contribution in [2.75, 3.05) is 0 Å². The average Bonchev–Trinajstić information content (AvgIpc) is 3.43. The zero-order chi connectivity index (χ0) is 29.9. The van der Waals surface area contributed by atoms with Crippen LogP contribution in [0, 0.1) is 0 Å². The topological polar surface area (TPSA) is 26.0 Å². The second kappa shape index (κ2) is 9.95. The summed E-state index contributed by atoms with van der Waals surface area (Å²) in [6.07, 6.45) is 0. The Kier molecular flexibility index (Phi) is 6.29.